The van der Waals surface area contributed by atoms with Gasteiger partial charge in [-0.25, -0.2) is 19.4 Å². The molecule has 5 aromatic carbocycles. The van der Waals surface area contributed by atoms with Gasteiger partial charge in [0.1, 0.15) is 43.8 Å². The first-order valence-electron chi connectivity index (χ1n) is 21.2. The minimum absolute atomic E-state index is 0. The maximum Gasteiger partial charge on any atom is 0.416 e. The van der Waals surface area contributed by atoms with Gasteiger partial charge >= 0.3 is 12.2 Å². The van der Waals surface area contributed by atoms with E-state index in [2.05, 4.69) is 10.3 Å². The maximum atomic E-state index is 13.4. The van der Waals surface area contributed by atoms with E-state index in [1.165, 1.54) is 22.3 Å². The number of imide groups is 2. The Bertz CT molecular complexity index is 2610. The van der Waals surface area contributed by atoms with E-state index in [0.29, 0.717) is 30.8 Å². The summed E-state index contributed by atoms with van der Waals surface area (Å²) in [5, 5.41) is 17.6. The third kappa shape index (κ3) is 12.9. The van der Waals surface area contributed by atoms with Crippen molar-refractivity contribution in [3.63, 3.8) is 0 Å². The number of hydrogen-bond acceptors (Lipinski definition) is 12. The van der Waals surface area contributed by atoms with Crippen LogP contribution in [0, 0.1) is 0 Å². The summed E-state index contributed by atoms with van der Waals surface area (Å²) < 4.78 is 26.3. The lowest BCUT2D eigenvalue weighted by atomic mass is 9.91. The zero-order valence-corrected chi connectivity index (χ0v) is 35.3. The first kappa shape index (κ1) is 51.0. The minimum Gasteiger partial charge on any atom is -0.508 e. The molecular formula is C54H58N4O10. The predicted molar refractivity (Wildman–Crippen MR) is 256 cm³/mol. The van der Waals surface area contributed by atoms with Gasteiger partial charge in [-0.1, -0.05) is 148 Å². The Kier molecular flexibility index (Phi) is 18.4. The summed E-state index contributed by atoms with van der Waals surface area (Å²) in [4.78, 5) is 53.7. The molecule has 4 heterocycles. The lowest BCUT2D eigenvalue weighted by molar-refractivity contribution is -0.130. The van der Waals surface area contributed by atoms with Crippen molar-refractivity contribution in [2.75, 3.05) is 13.2 Å². The van der Waals surface area contributed by atoms with Crippen LogP contribution >= 0.6 is 0 Å². The summed E-state index contributed by atoms with van der Waals surface area (Å²) >= 11 is 0. The molecule has 0 aliphatic carbocycles. The number of carbonyl (C=O) groups is 4. The van der Waals surface area contributed by atoms with Crippen LogP contribution in [0.5, 0.6) is 11.5 Å². The van der Waals surface area contributed by atoms with Crippen molar-refractivity contribution in [3.8, 4) is 11.5 Å². The number of hydrogen-bond donors (Lipinski definition) is 1. The van der Waals surface area contributed by atoms with E-state index in [4.69, 9.17) is 23.3 Å². The van der Waals surface area contributed by atoms with Gasteiger partial charge in [-0.2, -0.15) is 0 Å². The standard InChI is InChI=1S/C29H26N2O5.C22H20N2O5.3CH4/c32-28(31-24(20-35-29(31)33)17-21-7-3-1-4-8-21)18-26(27-15-16-36-30-27)23-11-13-25(14-12-23)34-19-22-9-5-2-6-10-22;25-18-8-6-16(7-9-18)19(20-10-11-29-23-20)13-21(26)24-17(14-28-22(24)27)12-15-4-2-1-3-5-15;;;/h1-16,24,26H,17-20H2;1-11,17,19,25H,12-14H2;3*1H4/t24-,26-;17-,19-;;;/m00.../s1. The summed E-state index contributed by atoms with van der Waals surface area (Å²) in [5.74, 6) is -0.591. The monoisotopic (exact) mass is 922 g/mol. The number of phenolic OH excluding ortho intramolecular Hbond substituents is 1. The van der Waals surface area contributed by atoms with Crippen LogP contribution in [0.3, 0.4) is 0 Å². The number of amides is 4. The Morgan fingerprint density at radius 1 is 0.559 bits per heavy atom. The summed E-state index contributed by atoms with van der Waals surface area (Å²) in [5.41, 5.74) is 6.01. The minimum atomic E-state index is -0.624. The van der Waals surface area contributed by atoms with E-state index in [1.54, 1.807) is 36.4 Å². The zero-order chi connectivity index (χ0) is 45.0. The van der Waals surface area contributed by atoms with Crippen molar-refractivity contribution in [1.82, 2.24) is 20.1 Å². The quantitative estimate of drug-likeness (QED) is 0.103. The highest BCUT2D eigenvalue weighted by Crippen LogP contribution is 2.32. The van der Waals surface area contributed by atoms with Crippen LogP contribution in [0.4, 0.5) is 9.59 Å². The van der Waals surface area contributed by atoms with Crippen molar-refractivity contribution in [2.45, 2.75) is 78.5 Å². The number of aromatic hydroxyl groups is 1. The Balaban J connectivity index is 0.000000248. The zero-order valence-electron chi connectivity index (χ0n) is 35.3. The number of carbonyl (C=O) groups excluding carboxylic acids is 4. The lowest BCUT2D eigenvalue weighted by Crippen LogP contribution is -2.40. The summed E-state index contributed by atoms with van der Waals surface area (Å²) in [7, 11) is 0. The average Bonchev–Trinajstić information content (AvgIpc) is 4.19. The molecule has 0 spiro atoms. The topological polar surface area (TPSA) is 175 Å². The van der Waals surface area contributed by atoms with Gasteiger partial charge in [-0.3, -0.25) is 9.59 Å². The third-order valence-electron chi connectivity index (χ3n) is 11.3. The molecule has 68 heavy (non-hydrogen) atoms. The Morgan fingerprint density at radius 3 is 1.35 bits per heavy atom. The van der Waals surface area contributed by atoms with Crippen LogP contribution in [-0.4, -0.2) is 74.5 Å². The van der Waals surface area contributed by atoms with E-state index in [-0.39, 0.29) is 83.9 Å². The van der Waals surface area contributed by atoms with Crippen LogP contribution in [0.15, 0.2) is 173 Å². The average molecular weight is 923 g/mol. The van der Waals surface area contributed by atoms with Gasteiger partial charge in [-0.05, 0) is 64.9 Å². The molecule has 0 saturated carbocycles. The molecule has 14 heteroatoms. The number of ether oxygens (including phenoxy) is 3. The second kappa shape index (κ2) is 24.5. The summed E-state index contributed by atoms with van der Waals surface area (Å²) in [6, 6.07) is 46.2. The highest BCUT2D eigenvalue weighted by atomic mass is 16.6. The molecule has 14 nitrogen and oxygen atoms in total. The van der Waals surface area contributed by atoms with Gasteiger partial charge in [0.15, 0.2) is 0 Å². The normalized spacial score (nSPS) is 15.8. The van der Waals surface area contributed by atoms with Gasteiger partial charge in [0.25, 0.3) is 0 Å². The van der Waals surface area contributed by atoms with Crippen molar-refractivity contribution in [3.05, 3.63) is 203 Å². The SMILES string of the molecule is C.C.C.O=C(C[C@@H](c1ccc(O)cc1)c1ccon1)N1C(=O)OC[C@@H]1Cc1ccccc1.O=C(C[C@@H](c1ccc(OCc2ccccc2)cc1)c1ccon1)N1C(=O)OC[C@@H]1Cc1ccccc1. The fourth-order valence-electron chi connectivity index (χ4n) is 7.98. The van der Waals surface area contributed by atoms with Crippen molar-refractivity contribution < 1.29 is 47.5 Å². The van der Waals surface area contributed by atoms with Gasteiger partial charge in [-0.15, -0.1) is 0 Å². The molecule has 2 aliphatic heterocycles. The smallest absolute Gasteiger partial charge is 0.416 e. The highest BCUT2D eigenvalue weighted by Gasteiger charge is 2.40. The van der Waals surface area contributed by atoms with Crippen LogP contribution in [0.25, 0.3) is 0 Å². The van der Waals surface area contributed by atoms with Crippen molar-refractivity contribution >= 4 is 24.0 Å². The summed E-state index contributed by atoms with van der Waals surface area (Å²) in [6.07, 6.45) is 2.84. The predicted octanol–water partition coefficient (Wildman–Crippen LogP) is 10.8. The largest absolute Gasteiger partial charge is 0.508 e. The van der Waals surface area contributed by atoms with E-state index in [9.17, 15) is 24.3 Å². The van der Waals surface area contributed by atoms with Gasteiger partial charge in [0, 0.05) is 36.8 Å². The Morgan fingerprint density at radius 2 is 0.956 bits per heavy atom. The van der Waals surface area contributed by atoms with Crippen molar-refractivity contribution in [2.24, 2.45) is 0 Å². The number of rotatable bonds is 15. The number of benzene rings is 5. The molecule has 1 N–H and O–H groups in total. The molecule has 2 aromatic heterocycles. The molecule has 0 radical (unpaired) electrons. The molecule has 4 atom stereocenters. The number of nitrogens with zero attached hydrogens (tertiary/aromatic N) is 4. The number of cyclic esters (lactones) is 2. The fraction of sp³-hybridized carbons (Fsp3) is 0.259. The first-order chi connectivity index (χ1) is 31.8. The van der Waals surface area contributed by atoms with Gasteiger partial charge in [0.2, 0.25) is 11.8 Å². The fourth-order valence-corrected chi connectivity index (χ4v) is 7.98. The van der Waals surface area contributed by atoms with Gasteiger partial charge < -0.3 is 28.4 Å². The maximum absolute atomic E-state index is 13.4. The molecule has 2 saturated heterocycles. The molecule has 0 unspecified atom stereocenters. The second-order valence-electron chi connectivity index (χ2n) is 15.7. The van der Waals surface area contributed by atoms with E-state index < -0.39 is 18.1 Å². The van der Waals surface area contributed by atoms with Crippen LogP contribution in [0.1, 0.15) is 86.2 Å². The molecule has 7 aromatic rings. The number of aromatic nitrogens is 2. The van der Waals surface area contributed by atoms with E-state index >= 15 is 0 Å². The molecule has 2 fully saturated rings. The molecule has 2 aliphatic rings. The molecule has 4 amide bonds. The first-order valence-corrected chi connectivity index (χ1v) is 21.2. The lowest BCUT2D eigenvalue weighted by Gasteiger charge is -2.22. The van der Waals surface area contributed by atoms with E-state index in [1.807, 2.05) is 115 Å². The molecule has 354 valence electrons. The van der Waals surface area contributed by atoms with Crippen LogP contribution in [0.2, 0.25) is 0 Å². The molecule has 0 bridgehead atoms. The van der Waals surface area contributed by atoms with E-state index in [0.717, 1.165) is 33.6 Å². The molecule has 9 rings (SSSR count). The Labute approximate surface area is 397 Å². The highest BCUT2D eigenvalue weighted by molar-refractivity contribution is 5.95. The van der Waals surface area contributed by atoms with Gasteiger partial charge in [0.05, 0.1) is 23.5 Å². The summed E-state index contributed by atoms with van der Waals surface area (Å²) in [6.45, 7) is 0.820. The van der Waals surface area contributed by atoms with Crippen LogP contribution < -0.4 is 4.74 Å². The Hall–Kier alpha value is -8.00. The third-order valence-corrected chi connectivity index (χ3v) is 11.3. The molecular weight excluding hydrogens is 865 g/mol. The second-order valence-corrected chi connectivity index (χ2v) is 15.7. The van der Waals surface area contributed by atoms with Crippen molar-refractivity contribution in [1.29, 1.82) is 0 Å². The van der Waals surface area contributed by atoms with Crippen LogP contribution in [-0.2, 0) is 38.5 Å². The number of phenols is 1.